The summed E-state index contributed by atoms with van der Waals surface area (Å²) in [5.74, 6) is -0.437. The molecule has 2 aromatic rings. The fourth-order valence-corrected chi connectivity index (χ4v) is 3.56. The summed E-state index contributed by atoms with van der Waals surface area (Å²) in [4.78, 5) is 19.3. The maximum Gasteiger partial charge on any atom is 0.387 e. The van der Waals surface area contributed by atoms with Gasteiger partial charge in [-0.1, -0.05) is 17.4 Å². The standard InChI is InChI=1S/C15H15F2N3O2S/c1-20-6-5-11-12(8-20)23-15(18-11)19-13(21)9-3-2-4-10(7-9)22-14(16)17/h2-4,7,14H,5-6,8H2,1H3,(H,18,19,21)/p+1. The molecule has 122 valence electrons. The maximum atomic E-state index is 12.2. The van der Waals surface area contributed by atoms with Crippen LogP contribution in [0.15, 0.2) is 24.3 Å². The number of anilines is 1. The SMILES string of the molecule is C[NH+]1CCc2nc(NC(=O)c3cccc(OC(F)F)c3)sc2C1. The zero-order chi connectivity index (χ0) is 16.4. The lowest BCUT2D eigenvalue weighted by molar-refractivity contribution is -0.895. The second kappa shape index (κ2) is 6.59. The number of rotatable bonds is 4. The third-order valence-electron chi connectivity index (χ3n) is 3.57. The van der Waals surface area contributed by atoms with Crippen molar-refractivity contribution in [3.63, 3.8) is 0 Å². The Morgan fingerprint density at radius 3 is 3.09 bits per heavy atom. The van der Waals surface area contributed by atoms with Gasteiger partial charge in [0.05, 0.1) is 24.2 Å². The summed E-state index contributed by atoms with van der Waals surface area (Å²) in [5.41, 5.74) is 1.28. The van der Waals surface area contributed by atoms with Crippen LogP contribution in [0.25, 0.3) is 0 Å². The summed E-state index contributed by atoms with van der Waals surface area (Å²) in [6.07, 6.45) is 0.894. The van der Waals surface area contributed by atoms with Crippen LogP contribution in [0.5, 0.6) is 5.75 Å². The van der Waals surface area contributed by atoms with E-state index in [0.717, 1.165) is 25.2 Å². The van der Waals surface area contributed by atoms with E-state index in [1.807, 2.05) is 0 Å². The van der Waals surface area contributed by atoms with E-state index in [1.165, 1.54) is 39.3 Å². The highest BCUT2D eigenvalue weighted by Crippen LogP contribution is 2.25. The van der Waals surface area contributed by atoms with Gasteiger partial charge in [-0.15, -0.1) is 0 Å². The molecule has 1 aromatic heterocycles. The van der Waals surface area contributed by atoms with Gasteiger partial charge in [0.15, 0.2) is 5.13 Å². The molecular formula is C15H16F2N3O2S+. The van der Waals surface area contributed by atoms with Gasteiger partial charge in [-0.25, -0.2) is 4.98 Å². The van der Waals surface area contributed by atoms with Gasteiger partial charge in [-0.3, -0.25) is 10.1 Å². The van der Waals surface area contributed by atoms with Crippen LogP contribution in [0.2, 0.25) is 0 Å². The molecule has 2 N–H and O–H groups in total. The van der Waals surface area contributed by atoms with Crippen LogP contribution in [0.1, 0.15) is 20.9 Å². The summed E-state index contributed by atoms with van der Waals surface area (Å²) in [5, 5.41) is 3.26. The van der Waals surface area contributed by atoms with Crippen molar-refractivity contribution in [3.05, 3.63) is 40.4 Å². The van der Waals surface area contributed by atoms with Crippen molar-refractivity contribution in [2.75, 3.05) is 18.9 Å². The first kappa shape index (κ1) is 15.8. The van der Waals surface area contributed by atoms with E-state index in [2.05, 4.69) is 22.1 Å². The van der Waals surface area contributed by atoms with Crippen molar-refractivity contribution in [1.82, 2.24) is 4.98 Å². The molecule has 23 heavy (non-hydrogen) atoms. The van der Waals surface area contributed by atoms with E-state index in [4.69, 9.17) is 0 Å². The number of carbonyl (C=O) groups excluding carboxylic acids is 1. The molecular weight excluding hydrogens is 324 g/mol. The Bertz CT molecular complexity index is 720. The molecule has 5 nitrogen and oxygen atoms in total. The highest BCUT2D eigenvalue weighted by Gasteiger charge is 2.22. The van der Waals surface area contributed by atoms with E-state index in [9.17, 15) is 13.6 Å². The number of thiazole rings is 1. The largest absolute Gasteiger partial charge is 0.435 e. The number of nitrogens with one attached hydrogen (secondary N) is 2. The van der Waals surface area contributed by atoms with Gasteiger partial charge < -0.3 is 9.64 Å². The highest BCUT2D eigenvalue weighted by molar-refractivity contribution is 7.15. The van der Waals surface area contributed by atoms with Gasteiger partial charge in [-0.2, -0.15) is 8.78 Å². The fourth-order valence-electron chi connectivity index (χ4n) is 2.45. The first-order valence-corrected chi connectivity index (χ1v) is 7.99. The van der Waals surface area contributed by atoms with Gasteiger partial charge in [-0.05, 0) is 18.2 Å². The molecule has 2 heterocycles. The predicted octanol–water partition coefficient (Wildman–Crippen LogP) is 1.57. The van der Waals surface area contributed by atoms with Crippen LogP contribution in [-0.2, 0) is 13.0 Å². The molecule has 1 amide bonds. The Morgan fingerprint density at radius 1 is 1.48 bits per heavy atom. The number of likely N-dealkylation sites (N-methyl/N-ethyl adjacent to an activating group) is 1. The van der Waals surface area contributed by atoms with Crippen LogP contribution in [0, 0.1) is 0 Å². The smallest absolute Gasteiger partial charge is 0.387 e. The average Bonchev–Trinajstić information content (AvgIpc) is 2.88. The minimum absolute atomic E-state index is 0.0451. The highest BCUT2D eigenvalue weighted by atomic mass is 32.1. The minimum atomic E-state index is -2.92. The molecule has 1 aliphatic heterocycles. The average molecular weight is 340 g/mol. The van der Waals surface area contributed by atoms with Crippen molar-refractivity contribution in [1.29, 1.82) is 0 Å². The third kappa shape index (κ3) is 3.83. The number of benzene rings is 1. The van der Waals surface area contributed by atoms with Crippen molar-refractivity contribution in [3.8, 4) is 5.75 Å². The maximum absolute atomic E-state index is 12.2. The quantitative estimate of drug-likeness (QED) is 0.888. The summed E-state index contributed by atoms with van der Waals surface area (Å²) in [7, 11) is 2.12. The number of halogens is 2. The van der Waals surface area contributed by atoms with Gasteiger partial charge in [0.1, 0.15) is 12.3 Å². The number of fused-ring (bicyclic) bond motifs is 1. The van der Waals surface area contributed by atoms with Gasteiger partial charge in [0.2, 0.25) is 0 Å². The molecule has 1 aliphatic rings. The topological polar surface area (TPSA) is 55.7 Å². The molecule has 0 aliphatic carbocycles. The van der Waals surface area contributed by atoms with E-state index in [1.54, 1.807) is 6.07 Å². The van der Waals surface area contributed by atoms with E-state index in [0.29, 0.717) is 5.13 Å². The molecule has 1 aromatic carbocycles. The molecule has 0 spiro atoms. The Balaban J connectivity index is 1.72. The predicted molar refractivity (Wildman–Crippen MR) is 82.3 cm³/mol. The number of hydrogen-bond acceptors (Lipinski definition) is 4. The lowest BCUT2D eigenvalue weighted by Crippen LogP contribution is -3.08. The lowest BCUT2D eigenvalue weighted by Gasteiger charge is -2.17. The summed E-state index contributed by atoms with van der Waals surface area (Å²) < 4.78 is 28.8. The van der Waals surface area contributed by atoms with Crippen LogP contribution >= 0.6 is 11.3 Å². The van der Waals surface area contributed by atoms with Crippen LogP contribution in [-0.4, -0.2) is 31.1 Å². The Labute approximate surface area is 135 Å². The van der Waals surface area contributed by atoms with Crippen molar-refractivity contribution in [2.24, 2.45) is 0 Å². The number of hydrogen-bond donors (Lipinski definition) is 2. The van der Waals surface area contributed by atoms with Crippen LogP contribution < -0.4 is 15.0 Å². The second-order valence-electron chi connectivity index (χ2n) is 5.38. The Hall–Kier alpha value is -2.06. The Kier molecular flexibility index (Phi) is 4.53. The molecule has 0 saturated carbocycles. The number of ether oxygens (including phenoxy) is 1. The van der Waals surface area contributed by atoms with Gasteiger partial charge >= 0.3 is 6.61 Å². The lowest BCUT2D eigenvalue weighted by atomic mass is 10.2. The number of alkyl halides is 2. The van der Waals surface area contributed by atoms with Gasteiger partial charge in [0, 0.05) is 12.0 Å². The zero-order valence-corrected chi connectivity index (χ0v) is 13.3. The number of amides is 1. The van der Waals surface area contributed by atoms with Crippen LogP contribution in [0.4, 0.5) is 13.9 Å². The molecule has 0 saturated heterocycles. The number of aromatic nitrogens is 1. The normalized spacial score (nSPS) is 17.0. The number of carbonyl (C=O) groups is 1. The van der Waals surface area contributed by atoms with Crippen molar-refractivity contribution < 1.29 is 23.2 Å². The third-order valence-corrected chi connectivity index (χ3v) is 4.58. The van der Waals surface area contributed by atoms with Crippen molar-refractivity contribution >= 4 is 22.4 Å². The molecule has 1 unspecified atom stereocenters. The Morgan fingerprint density at radius 2 is 2.30 bits per heavy atom. The minimum Gasteiger partial charge on any atom is -0.435 e. The van der Waals surface area contributed by atoms with E-state index >= 15 is 0 Å². The summed E-state index contributed by atoms with van der Waals surface area (Å²) in [6, 6.07) is 5.70. The second-order valence-corrected chi connectivity index (χ2v) is 6.47. The first-order chi connectivity index (χ1) is 11.0. The first-order valence-electron chi connectivity index (χ1n) is 7.17. The molecule has 0 radical (unpaired) electrons. The van der Waals surface area contributed by atoms with Crippen molar-refractivity contribution in [2.45, 2.75) is 19.6 Å². The monoisotopic (exact) mass is 340 g/mol. The summed E-state index contributed by atoms with van der Waals surface area (Å²) in [6.45, 7) is -0.990. The molecule has 0 bridgehead atoms. The number of nitrogens with zero attached hydrogens (tertiary/aromatic N) is 1. The molecule has 3 rings (SSSR count). The molecule has 8 heteroatoms. The summed E-state index contributed by atoms with van der Waals surface area (Å²) >= 11 is 1.46. The number of quaternary nitrogens is 1. The van der Waals surface area contributed by atoms with Gasteiger partial charge in [0.25, 0.3) is 5.91 Å². The van der Waals surface area contributed by atoms with Crippen LogP contribution in [0.3, 0.4) is 0 Å². The zero-order valence-electron chi connectivity index (χ0n) is 12.4. The van der Waals surface area contributed by atoms with E-state index < -0.39 is 12.5 Å². The van der Waals surface area contributed by atoms with E-state index in [-0.39, 0.29) is 11.3 Å². The molecule has 0 fully saturated rings. The molecule has 1 atom stereocenters. The fraction of sp³-hybridized carbons (Fsp3) is 0.333.